The molecule has 0 bridgehead atoms. The lowest BCUT2D eigenvalue weighted by atomic mass is 10.1. The average molecular weight is 384 g/mol. The first-order chi connectivity index (χ1) is 10.5. The highest BCUT2D eigenvalue weighted by molar-refractivity contribution is 9.10. The Labute approximate surface area is 144 Å². The Kier molecular flexibility index (Phi) is 4.76. The van der Waals surface area contributed by atoms with E-state index in [1.165, 1.54) is 0 Å². The Morgan fingerprint density at radius 3 is 2.43 bits per heavy atom. The van der Waals surface area contributed by atoms with Crippen LogP contribution in [0.3, 0.4) is 0 Å². The van der Waals surface area contributed by atoms with Crippen molar-refractivity contribution >= 4 is 33.6 Å². The Morgan fingerprint density at radius 1 is 1.35 bits per heavy atom. The lowest BCUT2D eigenvalue weighted by Gasteiger charge is -2.32. The fraction of sp³-hybridized carbons (Fsp3) is 0.529. The number of carbonyl (C=O) groups is 2. The van der Waals surface area contributed by atoms with Crippen LogP contribution in [0, 0.1) is 0 Å². The first-order valence-electron chi connectivity index (χ1n) is 7.58. The standard InChI is InChI=1S/C17H22BrNO4/c1-9(2)19-13(16(22)23-17(3,4)5)8-10-6-11(15(20)21)7-12(18)14(10)19/h6-7,9,13H,8H2,1-5H3,(H,20,21). The van der Waals surface area contributed by atoms with Crippen molar-refractivity contribution in [2.75, 3.05) is 4.90 Å². The van der Waals surface area contributed by atoms with Gasteiger partial charge in [0.15, 0.2) is 0 Å². The Morgan fingerprint density at radius 2 is 1.96 bits per heavy atom. The molecule has 5 nitrogen and oxygen atoms in total. The topological polar surface area (TPSA) is 66.8 Å². The van der Waals surface area contributed by atoms with E-state index in [0.717, 1.165) is 11.3 Å². The van der Waals surface area contributed by atoms with Crippen molar-refractivity contribution in [3.8, 4) is 0 Å². The smallest absolute Gasteiger partial charge is 0.335 e. The van der Waals surface area contributed by atoms with Crippen LogP contribution < -0.4 is 4.90 Å². The number of carboxylic acid groups (broad SMARTS) is 1. The van der Waals surface area contributed by atoms with Crippen LogP contribution in [-0.4, -0.2) is 34.7 Å². The molecule has 1 aromatic rings. The average Bonchev–Trinajstić information content (AvgIpc) is 2.76. The van der Waals surface area contributed by atoms with Gasteiger partial charge in [-0.2, -0.15) is 0 Å². The van der Waals surface area contributed by atoms with Crippen LogP contribution in [0.15, 0.2) is 16.6 Å². The molecule has 0 fully saturated rings. The molecule has 1 aliphatic rings. The number of carbonyl (C=O) groups excluding carboxylic acids is 1. The van der Waals surface area contributed by atoms with Crippen molar-refractivity contribution in [2.24, 2.45) is 0 Å². The molecule has 23 heavy (non-hydrogen) atoms. The summed E-state index contributed by atoms with van der Waals surface area (Å²) in [5.74, 6) is -1.27. The van der Waals surface area contributed by atoms with Crippen molar-refractivity contribution in [3.05, 3.63) is 27.7 Å². The minimum absolute atomic E-state index is 0.0840. The number of aromatic carboxylic acids is 1. The van der Waals surface area contributed by atoms with E-state index >= 15 is 0 Å². The van der Waals surface area contributed by atoms with Crippen molar-refractivity contribution in [3.63, 3.8) is 0 Å². The molecule has 0 aromatic heterocycles. The zero-order chi connectivity index (χ0) is 17.5. The summed E-state index contributed by atoms with van der Waals surface area (Å²) >= 11 is 3.46. The van der Waals surface area contributed by atoms with Crippen LogP contribution in [0.5, 0.6) is 0 Å². The number of fused-ring (bicyclic) bond motifs is 1. The minimum atomic E-state index is -0.981. The second-order valence-corrected chi connectivity index (χ2v) is 7.88. The second kappa shape index (κ2) is 6.15. The second-order valence-electron chi connectivity index (χ2n) is 7.03. The van der Waals surface area contributed by atoms with Gasteiger partial charge in [0.05, 0.1) is 11.3 Å². The third-order valence-electron chi connectivity index (χ3n) is 3.63. The summed E-state index contributed by atoms with van der Waals surface area (Å²) in [5.41, 5.74) is 1.38. The molecule has 1 N–H and O–H groups in total. The summed E-state index contributed by atoms with van der Waals surface area (Å²) in [6.45, 7) is 9.52. The van der Waals surface area contributed by atoms with Gasteiger partial charge in [0.2, 0.25) is 0 Å². The number of anilines is 1. The maximum Gasteiger partial charge on any atom is 0.335 e. The van der Waals surface area contributed by atoms with E-state index in [0.29, 0.717) is 10.9 Å². The highest BCUT2D eigenvalue weighted by Gasteiger charge is 2.40. The predicted molar refractivity (Wildman–Crippen MR) is 92.1 cm³/mol. The number of carboxylic acids is 1. The van der Waals surface area contributed by atoms with Gasteiger partial charge in [0, 0.05) is 16.9 Å². The molecule has 1 heterocycles. The molecule has 0 aliphatic carbocycles. The van der Waals surface area contributed by atoms with Crippen molar-refractivity contribution in [1.29, 1.82) is 0 Å². The number of halogens is 1. The zero-order valence-electron chi connectivity index (χ0n) is 14.0. The van der Waals surface area contributed by atoms with Gasteiger partial charge in [-0.25, -0.2) is 9.59 Å². The normalized spacial score (nSPS) is 17.3. The van der Waals surface area contributed by atoms with E-state index in [1.54, 1.807) is 12.1 Å². The third-order valence-corrected chi connectivity index (χ3v) is 4.24. The van der Waals surface area contributed by atoms with E-state index in [9.17, 15) is 14.7 Å². The number of ether oxygens (including phenoxy) is 1. The maximum atomic E-state index is 12.6. The predicted octanol–water partition coefficient (Wildman–Crippen LogP) is 3.63. The molecule has 1 unspecified atom stereocenters. The van der Waals surface area contributed by atoms with E-state index in [4.69, 9.17) is 4.74 Å². The van der Waals surface area contributed by atoms with Crippen LogP contribution in [-0.2, 0) is 16.0 Å². The van der Waals surface area contributed by atoms with Gasteiger partial charge in [-0.05, 0) is 68.2 Å². The summed E-state index contributed by atoms with van der Waals surface area (Å²) in [6, 6.07) is 2.86. The van der Waals surface area contributed by atoms with Crippen molar-refractivity contribution in [1.82, 2.24) is 0 Å². The zero-order valence-corrected chi connectivity index (χ0v) is 15.6. The molecule has 1 atom stereocenters. The fourth-order valence-corrected chi connectivity index (χ4v) is 3.58. The number of esters is 1. The molecular formula is C17H22BrNO4. The van der Waals surface area contributed by atoms with Crippen LogP contribution >= 0.6 is 15.9 Å². The number of benzene rings is 1. The summed E-state index contributed by atoms with van der Waals surface area (Å²) in [7, 11) is 0. The van der Waals surface area contributed by atoms with E-state index in [1.807, 2.05) is 39.5 Å². The van der Waals surface area contributed by atoms with Gasteiger partial charge in [0.25, 0.3) is 0 Å². The lowest BCUT2D eigenvalue weighted by Crippen LogP contribution is -2.46. The quantitative estimate of drug-likeness (QED) is 0.807. The molecule has 2 rings (SSSR count). The Hall–Kier alpha value is -1.56. The Balaban J connectivity index is 2.44. The molecular weight excluding hydrogens is 362 g/mol. The highest BCUT2D eigenvalue weighted by atomic mass is 79.9. The molecule has 0 radical (unpaired) electrons. The SMILES string of the molecule is CC(C)N1c2c(Br)cc(C(=O)O)cc2CC1C(=O)OC(C)(C)C. The fourth-order valence-electron chi connectivity index (χ4n) is 2.87. The molecule has 0 saturated heterocycles. The Bertz CT molecular complexity index is 649. The molecule has 1 aromatic carbocycles. The first-order valence-corrected chi connectivity index (χ1v) is 8.37. The number of hydrogen-bond acceptors (Lipinski definition) is 4. The molecule has 6 heteroatoms. The van der Waals surface area contributed by atoms with Gasteiger partial charge in [-0.15, -0.1) is 0 Å². The van der Waals surface area contributed by atoms with Crippen LogP contribution in [0.1, 0.15) is 50.5 Å². The summed E-state index contributed by atoms with van der Waals surface area (Å²) < 4.78 is 6.23. The van der Waals surface area contributed by atoms with Crippen LogP contribution in [0.2, 0.25) is 0 Å². The van der Waals surface area contributed by atoms with Gasteiger partial charge in [0.1, 0.15) is 11.6 Å². The van der Waals surface area contributed by atoms with Crippen LogP contribution in [0.4, 0.5) is 5.69 Å². The van der Waals surface area contributed by atoms with Crippen molar-refractivity contribution < 1.29 is 19.4 Å². The van der Waals surface area contributed by atoms with Gasteiger partial charge in [-0.1, -0.05) is 0 Å². The largest absolute Gasteiger partial charge is 0.478 e. The van der Waals surface area contributed by atoms with Gasteiger partial charge < -0.3 is 14.7 Å². The summed E-state index contributed by atoms with van der Waals surface area (Å²) in [4.78, 5) is 25.8. The van der Waals surface area contributed by atoms with E-state index < -0.39 is 17.6 Å². The summed E-state index contributed by atoms with van der Waals surface area (Å²) in [5, 5.41) is 9.22. The highest BCUT2D eigenvalue weighted by Crippen LogP contribution is 2.41. The molecule has 0 spiro atoms. The third kappa shape index (κ3) is 3.68. The number of hydrogen-bond donors (Lipinski definition) is 1. The maximum absolute atomic E-state index is 12.6. The minimum Gasteiger partial charge on any atom is -0.478 e. The van der Waals surface area contributed by atoms with Crippen molar-refractivity contribution in [2.45, 2.75) is 58.7 Å². The molecule has 0 saturated carbocycles. The van der Waals surface area contributed by atoms with E-state index in [2.05, 4.69) is 15.9 Å². The molecule has 126 valence electrons. The molecule has 1 aliphatic heterocycles. The number of rotatable bonds is 3. The van der Waals surface area contributed by atoms with Gasteiger partial charge >= 0.3 is 11.9 Å². The number of nitrogens with zero attached hydrogens (tertiary/aromatic N) is 1. The van der Waals surface area contributed by atoms with E-state index in [-0.39, 0.29) is 17.6 Å². The first kappa shape index (κ1) is 17.8. The van der Waals surface area contributed by atoms with Gasteiger partial charge in [-0.3, -0.25) is 0 Å². The molecule has 0 amide bonds. The monoisotopic (exact) mass is 383 g/mol. The lowest BCUT2D eigenvalue weighted by molar-refractivity contribution is -0.156. The van der Waals surface area contributed by atoms with Crippen LogP contribution in [0.25, 0.3) is 0 Å². The summed E-state index contributed by atoms with van der Waals surface area (Å²) in [6.07, 6.45) is 0.447.